The quantitative estimate of drug-likeness (QED) is 0.417. The van der Waals surface area contributed by atoms with E-state index in [0.29, 0.717) is 5.75 Å². The average molecular weight is 481 g/mol. The summed E-state index contributed by atoms with van der Waals surface area (Å²) in [6, 6.07) is 18.4. The number of aromatic nitrogens is 1. The molecule has 7 heteroatoms. The Labute approximate surface area is 201 Å². The Bertz CT molecular complexity index is 1130. The molecule has 0 saturated carbocycles. The lowest BCUT2D eigenvalue weighted by molar-refractivity contribution is -0.653. The van der Waals surface area contributed by atoms with Crippen molar-refractivity contribution in [3.8, 4) is 5.75 Å². The molecule has 0 unspecified atom stereocenters. The van der Waals surface area contributed by atoms with Gasteiger partial charge in [-0.2, -0.15) is 0 Å². The number of hydrogen-bond acceptors (Lipinski definition) is 4. The standard InChI is InChI=1S/C23H25N3OS.CH4.2ClH/c1-16-21(27)19-13-8-7-12-18(19)20-22(16)28-23(24-17-10-5-4-6-11-17)26(20)15-9-14-25(2)3;;;/h4-8,10-13,27H,9,14-15H2,1-3H3;1H4;2*1H. The fourth-order valence-electron chi connectivity index (χ4n) is 3.65. The van der Waals surface area contributed by atoms with Gasteiger partial charge in [-0.15, -0.1) is 12.4 Å². The highest BCUT2D eigenvalue weighted by Gasteiger charge is 2.24. The van der Waals surface area contributed by atoms with Gasteiger partial charge in [-0.25, -0.2) is 9.88 Å². The summed E-state index contributed by atoms with van der Waals surface area (Å²) >= 11 is 1.71. The van der Waals surface area contributed by atoms with E-state index < -0.39 is 0 Å². The number of nitrogens with one attached hydrogen (secondary N) is 1. The van der Waals surface area contributed by atoms with Crippen LogP contribution >= 0.6 is 23.7 Å². The summed E-state index contributed by atoms with van der Waals surface area (Å²) in [7, 11) is 4.22. The summed E-state index contributed by atoms with van der Waals surface area (Å²) in [5, 5.41) is 17.5. The third kappa shape index (κ3) is 5.42. The molecule has 0 fully saturated rings. The summed E-state index contributed by atoms with van der Waals surface area (Å²) in [4.78, 5) is 2.22. The van der Waals surface area contributed by atoms with Gasteiger partial charge < -0.3 is 22.4 Å². The Balaban J connectivity index is 0.00000160. The van der Waals surface area contributed by atoms with Crippen molar-refractivity contribution in [3.63, 3.8) is 0 Å². The summed E-state index contributed by atoms with van der Waals surface area (Å²) in [5.74, 6) is 0.385. The maximum Gasteiger partial charge on any atom is 0.340 e. The number of phenolic OH excluding ortho intramolecular Hbond substituents is 1. The van der Waals surface area contributed by atoms with Crippen molar-refractivity contribution in [3.05, 3.63) is 60.2 Å². The molecule has 0 aliphatic rings. The van der Waals surface area contributed by atoms with E-state index in [1.54, 1.807) is 11.3 Å². The summed E-state index contributed by atoms with van der Waals surface area (Å²) in [6.07, 6.45) is 1.06. The predicted octanol–water partition coefficient (Wildman–Crippen LogP) is 3.11. The molecule has 0 aliphatic heterocycles. The first-order valence-corrected chi connectivity index (χ1v) is 10.4. The first-order chi connectivity index (χ1) is 13.6. The van der Waals surface area contributed by atoms with Gasteiger partial charge in [0.15, 0.2) is 5.52 Å². The number of aryl methyl sites for hydroxylation is 2. The molecule has 4 rings (SSSR count). The molecule has 4 aromatic rings. The van der Waals surface area contributed by atoms with Crippen molar-refractivity contribution in [2.24, 2.45) is 0 Å². The number of phenols is 1. The first-order valence-electron chi connectivity index (χ1n) is 9.59. The second-order valence-corrected chi connectivity index (χ2v) is 8.40. The van der Waals surface area contributed by atoms with E-state index in [0.717, 1.165) is 51.4 Å². The van der Waals surface area contributed by atoms with E-state index in [-0.39, 0.29) is 32.2 Å². The molecule has 0 spiro atoms. The number of fused-ring (bicyclic) bond motifs is 3. The Hall–Kier alpha value is -2.05. The number of anilines is 2. The number of aromatic hydroxyl groups is 1. The minimum atomic E-state index is 0. The van der Waals surface area contributed by atoms with Crippen LogP contribution in [0.5, 0.6) is 5.75 Å². The van der Waals surface area contributed by atoms with Gasteiger partial charge in [0.2, 0.25) is 0 Å². The van der Waals surface area contributed by atoms with Crippen LogP contribution in [0.15, 0.2) is 54.6 Å². The van der Waals surface area contributed by atoms with Gasteiger partial charge in [0.05, 0.1) is 11.2 Å². The van der Waals surface area contributed by atoms with Crippen molar-refractivity contribution < 1.29 is 22.1 Å². The molecule has 0 aliphatic carbocycles. The molecule has 31 heavy (non-hydrogen) atoms. The van der Waals surface area contributed by atoms with Crippen LogP contribution in [0.4, 0.5) is 10.8 Å². The highest BCUT2D eigenvalue weighted by atomic mass is 35.5. The van der Waals surface area contributed by atoms with Gasteiger partial charge >= 0.3 is 5.13 Å². The van der Waals surface area contributed by atoms with Crippen molar-refractivity contribution in [2.75, 3.05) is 26.0 Å². The number of thiazole rings is 1. The molecular formula is C24H31Cl2N3OS. The molecule has 1 aromatic heterocycles. The smallest absolute Gasteiger partial charge is 0.340 e. The van der Waals surface area contributed by atoms with Crippen molar-refractivity contribution in [1.29, 1.82) is 0 Å². The Morgan fingerprint density at radius 3 is 2.26 bits per heavy atom. The van der Waals surface area contributed by atoms with Crippen LogP contribution in [-0.2, 0) is 6.54 Å². The van der Waals surface area contributed by atoms with E-state index in [1.165, 1.54) is 5.52 Å². The maximum absolute atomic E-state index is 10.8. The Morgan fingerprint density at radius 2 is 1.61 bits per heavy atom. The van der Waals surface area contributed by atoms with Gasteiger partial charge in [-0.3, -0.25) is 0 Å². The third-order valence-electron chi connectivity index (χ3n) is 5.07. The number of halogens is 2. The largest absolute Gasteiger partial charge is 1.00 e. The molecule has 4 nitrogen and oxygen atoms in total. The van der Waals surface area contributed by atoms with Crippen LogP contribution < -0.4 is 22.3 Å². The number of benzene rings is 3. The zero-order valence-electron chi connectivity index (χ0n) is 17.4. The summed E-state index contributed by atoms with van der Waals surface area (Å²) < 4.78 is 3.52. The Morgan fingerprint density at radius 1 is 1.00 bits per heavy atom. The number of rotatable bonds is 6. The second kappa shape index (κ2) is 11.5. The summed E-state index contributed by atoms with van der Waals surface area (Å²) in [6.45, 7) is 3.96. The zero-order chi connectivity index (χ0) is 19.7. The van der Waals surface area contributed by atoms with Crippen LogP contribution in [-0.4, -0.2) is 30.6 Å². The van der Waals surface area contributed by atoms with Crippen molar-refractivity contribution >= 4 is 55.6 Å². The van der Waals surface area contributed by atoms with Gasteiger partial charge in [-0.05, 0) is 57.0 Å². The molecule has 0 radical (unpaired) electrons. The van der Waals surface area contributed by atoms with Gasteiger partial charge in [-0.1, -0.05) is 43.8 Å². The fraction of sp³-hybridized carbons (Fsp3) is 0.292. The normalized spacial score (nSPS) is 10.5. The highest BCUT2D eigenvalue weighted by Crippen LogP contribution is 2.40. The first kappa shape index (κ1) is 27.0. The number of hydrogen-bond donors (Lipinski definition) is 2. The van der Waals surface area contributed by atoms with Gasteiger partial charge in [0.25, 0.3) is 0 Å². The number of nitrogens with zero attached hydrogens (tertiary/aromatic N) is 2. The highest BCUT2D eigenvalue weighted by molar-refractivity contribution is 7.22. The maximum atomic E-state index is 10.8. The van der Waals surface area contributed by atoms with Gasteiger partial charge in [0, 0.05) is 22.9 Å². The van der Waals surface area contributed by atoms with Crippen molar-refractivity contribution in [1.82, 2.24) is 4.90 Å². The lowest BCUT2D eigenvalue weighted by atomic mass is 10.0. The van der Waals surface area contributed by atoms with Crippen molar-refractivity contribution in [2.45, 2.75) is 27.3 Å². The molecule has 0 atom stereocenters. The molecule has 0 saturated heterocycles. The summed E-state index contributed by atoms with van der Waals surface area (Å²) in [5.41, 5.74) is 3.22. The SMILES string of the molecule is C.Cc1c(O)c2ccccc2c2c1sc(Nc1ccccc1)[n+]2CCCN(C)C.Cl.[Cl-]. The molecular weight excluding hydrogens is 449 g/mol. The minimum Gasteiger partial charge on any atom is -1.00 e. The molecule has 0 amide bonds. The van der Waals surface area contributed by atoms with E-state index in [2.05, 4.69) is 47.1 Å². The topological polar surface area (TPSA) is 39.4 Å². The average Bonchev–Trinajstić information content (AvgIpc) is 3.05. The van der Waals surface area contributed by atoms with Crippen LogP contribution in [0, 0.1) is 6.92 Å². The molecule has 2 N–H and O–H groups in total. The molecule has 3 aromatic carbocycles. The fourth-order valence-corrected chi connectivity index (χ4v) is 4.87. The van der Waals surface area contributed by atoms with Crippen LogP contribution in [0.2, 0.25) is 0 Å². The monoisotopic (exact) mass is 479 g/mol. The van der Waals surface area contributed by atoms with E-state index in [1.807, 2.05) is 43.3 Å². The molecule has 168 valence electrons. The molecule has 0 bridgehead atoms. The van der Waals surface area contributed by atoms with Crippen LogP contribution in [0.25, 0.3) is 21.0 Å². The van der Waals surface area contributed by atoms with Crippen LogP contribution in [0.1, 0.15) is 19.4 Å². The van der Waals surface area contributed by atoms with E-state index in [9.17, 15) is 5.11 Å². The second-order valence-electron chi connectivity index (χ2n) is 7.40. The zero-order valence-corrected chi connectivity index (χ0v) is 19.7. The molecule has 1 heterocycles. The minimum absolute atomic E-state index is 0. The van der Waals surface area contributed by atoms with Gasteiger partial charge in [0.1, 0.15) is 11.4 Å². The lowest BCUT2D eigenvalue weighted by Gasteiger charge is -2.10. The number of para-hydroxylation sites is 1. The Kier molecular flexibility index (Phi) is 10.0. The predicted molar refractivity (Wildman–Crippen MR) is 133 cm³/mol. The lowest BCUT2D eigenvalue weighted by Crippen LogP contribution is -3.00. The third-order valence-corrected chi connectivity index (χ3v) is 6.29. The van der Waals surface area contributed by atoms with Crippen LogP contribution in [0.3, 0.4) is 0 Å². The van der Waals surface area contributed by atoms with E-state index >= 15 is 0 Å². The van der Waals surface area contributed by atoms with E-state index in [4.69, 9.17) is 0 Å².